The third kappa shape index (κ3) is 2.03. The van der Waals surface area contributed by atoms with Crippen LogP contribution in [0.3, 0.4) is 0 Å². The second-order valence-electron chi connectivity index (χ2n) is 7.11. The number of imide groups is 1. The number of ether oxygens (including phenoxy) is 1. The number of urea groups is 1. The number of nitrogens with zero attached hydrogens (tertiary/aromatic N) is 1. The van der Waals surface area contributed by atoms with Crippen LogP contribution in [0.2, 0.25) is 0 Å². The molecule has 4 rings (SSSR count). The zero-order valence-corrected chi connectivity index (χ0v) is 12.2. The van der Waals surface area contributed by atoms with Crippen molar-refractivity contribution in [2.24, 2.45) is 11.8 Å². The number of carbonyl (C=O) groups excluding carboxylic acids is 3. The zero-order valence-electron chi connectivity index (χ0n) is 12.2. The third-order valence-electron chi connectivity index (χ3n) is 5.36. The first kappa shape index (κ1) is 13.1. The highest BCUT2D eigenvalue weighted by atomic mass is 16.6. The highest BCUT2D eigenvalue weighted by molar-refractivity contribution is 6.08. The molecule has 0 aromatic rings. The molecule has 21 heavy (non-hydrogen) atoms. The molecule has 0 aromatic carbocycles. The van der Waals surface area contributed by atoms with Crippen LogP contribution in [0, 0.1) is 11.8 Å². The number of esters is 1. The highest BCUT2D eigenvalue weighted by Gasteiger charge is 2.59. The van der Waals surface area contributed by atoms with Crippen molar-refractivity contribution in [3.63, 3.8) is 0 Å². The van der Waals surface area contributed by atoms with E-state index in [0.29, 0.717) is 5.92 Å². The van der Waals surface area contributed by atoms with Crippen LogP contribution in [-0.4, -0.2) is 40.5 Å². The molecule has 6 nitrogen and oxygen atoms in total. The summed E-state index contributed by atoms with van der Waals surface area (Å²) in [7, 11) is 0. The Morgan fingerprint density at radius 3 is 2.38 bits per heavy atom. The Morgan fingerprint density at radius 2 is 1.86 bits per heavy atom. The summed E-state index contributed by atoms with van der Waals surface area (Å²) in [6.45, 7) is 1.49. The molecule has 1 N–H and O–H groups in total. The van der Waals surface area contributed by atoms with Crippen LogP contribution in [0.1, 0.15) is 45.4 Å². The fourth-order valence-corrected chi connectivity index (χ4v) is 3.51. The van der Waals surface area contributed by atoms with Crippen LogP contribution in [0.5, 0.6) is 0 Å². The lowest BCUT2D eigenvalue weighted by Gasteiger charge is -2.21. The molecule has 0 bridgehead atoms. The van der Waals surface area contributed by atoms with Gasteiger partial charge in [-0.05, 0) is 57.3 Å². The SMILES string of the molecule is CC1(C2CC2)NC(=O)N(CC(=O)OC2(C3CC3)CC2)C1=O. The Kier molecular flexibility index (Phi) is 2.49. The molecule has 1 aliphatic heterocycles. The first-order valence-electron chi connectivity index (χ1n) is 7.81. The van der Waals surface area contributed by atoms with Gasteiger partial charge in [-0.25, -0.2) is 4.79 Å². The smallest absolute Gasteiger partial charge is 0.326 e. The summed E-state index contributed by atoms with van der Waals surface area (Å²) >= 11 is 0. The van der Waals surface area contributed by atoms with E-state index in [1.54, 1.807) is 6.92 Å². The molecule has 4 aliphatic rings. The van der Waals surface area contributed by atoms with E-state index in [1.807, 2.05) is 0 Å². The summed E-state index contributed by atoms with van der Waals surface area (Å²) in [6, 6.07) is -0.470. The van der Waals surface area contributed by atoms with E-state index in [4.69, 9.17) is 4.74 Å². The van der Waals surface area contributed by atoms with Gasteiger partial charge < -0.3 is 10.1 Å². The first-order chi connectivity index (χ1) is 9.94. The average molecular weight is 292 g/mol. The second-order valence-corrected chi connectivity index (χ2v) is 7.11. The maximum Gasteiger partial charge on any atom is 0.326 e. The van der Waals surface area contributed by atoms with Crippen LogP contribution in [0.15, 0.2) is 0 Å². The molecule has 1 unspecified atom stereocenters. The van der Waals surface area contributed by atoms with Gasteiger partial charge in [0, 0.05) is 0 Å². The van der Waals surface area contributed by atoms with Crippen molar-refractivity contribution >= 4 is 17.9 Å². The molecule has 1 saturated heterocycles. The topological polar surface area (TPSA) is 75.7 Å². The first-order valence-corrected chi connectivity index (χ1v) is 7.81. The molecule has 4 fully saturated rings. The van der Waals surface area contributed by atoms with E-state index < -0.39 is 17.5 Å². The summed E-state index contributed by atoms with van der Waals surface area (Å²) in [4.78, 5) is 37.5. The van der Waals surface area contributed by atoms with E-state index in [0.717, 1.165) is 43.4 Å². The fourth-order valence-electron chi connectivity index (χ4n) is 3.51. The van der Waals surface area contributed by atoms with Crippen molar-refractivity contribution in [1.29, 1.82) is 0 Å². The molecule has 1 atom stereocenters. The van der Waals surface area contributed by atoms with Crippen molar-refractivity contribution in [2.75, 3.05) is 6.54 Å². The average Bonchev–Trinajstić information content (AvgIpc) is 3.24. The molecule has 0 aromatic heterocycles. The van der Waals surface area contributed by atoms with Gasteiger partial charge in [0.25, 0.3) is 5.91 Å². The van der Waals surface area contributed by atoms with Crippen molar-refractivity contribution < 1.29 is 19.1 Å². The molecular weight excluding hydrogens is 272 g/mol. The molecule has 1 heterocycles. The van der Waals surface area contributed by atoms with Crippen LogP contribution >= 0.6 is 0 Å². The Hall–Kier alpha value is -1.59. The summed E-state index contributed by atoms with van der Waals surface area (Å²) < 4.78 is 5.56. The summed E-state index contributed by atoms with van der Waals surface area (Å²) in [6.07, 6.45) is 5.98. The Labute approximate surface area is 123 Å². The van der Waals surface area contributed by atoms with Gasteiger partial charge in [-0.2, -0.15) is 0 Å². The quantitative estimate of drug-likeness (QED) is 0.610. The second kappa shape index (κ2) is 3.99. The minimum atomic E-state index is -0.828. The van der Waals surface area contributed by atoms with Crippen LogP contribution in [-0.2, 0) is 14.3 Å². The largest absolute Gasteiger partial charge is 0.457 e. The van der Waals surface area contributed by atoms with E-state index in [2.05, 4.69) is 5.32 Å². The molecule has 0 radical (unpaired) electrons. The molecular formula is C15H20N2O4. The van der Waals surface area contributed by atoms with Gasteiger partial charge in [-0.1, -0.05) is 0 Å². The van der Waals surface area contributed by atoms with Gasteiger partial charge in [0.15, 0.2) is 0 Å². The summed E-state index contributed by atoms with van der Waals surface area (Å²) in [5.74, 6) is -0.0383. The lowest BCUT2D eigenvalue weighted by atomic mass is 9.96. The van der Waals surface area contributed by atoms with E-state index in [-0.39, 0.29) is 24.0 Å². The third-order valence-corrected chi connectivity index (χ3v) is 5.36. The van der Waals surface area contributed by atoms with Crippen LogP contribution in [0.25, 0.3) is 0 Å². The minimum absolute atomic E-state index is 0.205. The van der Waals surface area contributed by atoms with E-state index >= 15 is 0 Å². The molecule has 3 amide bonds. The lowest BCUT2D eigenvalue weighted by molar-refractivity contribution is -0.155. The molecule has 6 heteroatoms. The van der Waals surface area contributed by atoms with Crippen LogP contribution in [0.4, 0.5) is 4.79 Å². The van der Waals surface area contributed by atoms with Gasteiger partial charge in [-0.3, -0.25) is 14.5 Å². The number of nitrogens with one attached hydrogen (secondary N) is 1. The molecule has 0 spiro atoms. The number of amides is 3. The van der Waals surface area contributed by atoms with E-state index in [1.165, 1.54) is 0 Å². The molecule has 3 aliphatic carbocycles. The number of hydrogen-bond donors (Lipinski definition) is 1. The summed E-state index contributed by atoms with van der Waals surface area (Å²) in [5, 5.41) is 2.74. The predicted octanol–water partition coefficient (Wildman–Crippen LogP) is 1.19. The van der Waals surface area contributed by atoms with Gasteiger partial charge in [0.05, 0.1) is 0 Å². The minimum Gasteiger partial charge on any atom is -0.457 e. The van der Waals surface area contributed by atoms with Crippen molar-refractivity contribution in [3.05, 3.63) is 0 Å². The number of hydrogen-bond acceptors (Lipinski definition) is 4. The standard InChI is InChI=1S/C15H20N2O4/c1-14(9-2-3-9)12(19)17(13(20)16-14)8-11(18)21-15(6-7-15)10-4-5-10/h9-10H,2-8H2,1H3,(H,16,20). The van der Waals surface area contributed by atoms with Crippen LogP contribution < -0.4 is 5.32 Å². The van der Waals surface area contributed by atoms with E-state index in [9.17, 15) is 14.4 Å². The monoisotopic (exact) mass is 292 g/mol. The molecule has 114 valence electrons. The predicted molar refractivity (Wildman–Crippen MR) is 72.2 cm³/mol. The maximum atomic E-state index is 12.4. The van der Waals surface area contributed by atoms with Crippen molar-refractivity contribution in [1.82, 2.24) is 10.2 Å². The number of rotatable bonds is 5. The van der Waals surface area contributed by atoms with Gasteiger partial charge in [0.2, 0.25) is 0 Å². The zero-order chi connectivity index (χ0) is 14.8. The van der Waals surface area contributed by atoms with Gasteiger partial charge in [0.1, 0.15) is 17.7 Å². The summed E-state index contributed by atoms with van der Waals surface area (Å²) in [5.41, 5.74) is -1.10. The lowest BCUT2D eigenvalue weighted by Crippen LogP contribution is -2.46. The number of carbonyl (C=O) groups is 3. The normalized spacial score (nSPS) is 33.9. The van der Waals surface area contributed by atoms with Gasteiger partial charge in [-0.15, -0.1) is 0 Å². The Balaban J connectivity index is 1.41. The van der Waals surface area contributed by atoms with Gasteiger partial charge >= 0.3 is 12.0 Å². The molecule has 3 saturated carbocycles. The Morgan fingerprint density at radius 1 is 1.24 bits per heavy atom. The van der Waals surface area contributed by atoms with Crippen molar-refractivity contribution in [3.8, 4) is 0 Å². The fraction of sp³-hybridized carbons (Fsp3) is 0.800. The van der Waals surface area contributed by atoms with Crippen molar-refractivity contribution in [2.45, 2.75) is 56.6 Å². The maximum absolute atomic E-state index is 12.4. The Bertz CT molecular complexity index is 534. The highest BCUT2D eigenvalue weighted by Crippen LogP contribution is 2.56.